The summed E-state index contributed by atoms with van der Waals surface area (Å²) in [7, 11) is -9.80. The number of phosphoric ester groups is 2. The Morgan fingerprint density at radius 3 is 0.926 bits per heavy atom. The molecule has 5 unspecified atom stereocenters. The number of carbonyl (C=O) groups is 3. The van der Waals surface area contributed by atoms with Gasteiger partial charge in [-0.15, -0.1) is 0 Å². The molecule has 5 atom stereocenters. The van der Waals surface area contributed by atoms with Crippen molar-refractivity contribution >= 4 is 33.6 Å². The maximum atomic E-state index is 12.9. The normalized spacial score (nSPS) is 15.0. The second kappa shape index (κ2) is 69.3. The Bertz CT molecular complexity index is 2310. The highest BCUT2D eigenvalue weighted by atomic mass is 31.2. The minimum atomic E-state index is -4.94. The van der Waals surface area contributed by atoms with E-state index in [1.54, 1.807) is 0 Å². The number of phosphoric acid groups is 2. The Balaban J connectivity index is 4.66. The van der Waals surface area contributed by atoms with Crippen LogP contribution in [0.5, 0.6) is 0 Å². The Morgan fingerprint density at radius 2 is 0.579 bits per heavy atom. The van der Waals surface area contributed by atoms with Gasteiger partial charge in [0, 0.05) is 19.3 Å². The molecule has 0 aromatic carbocycles. The van der Waals surface area contributed by atoms with E-state index in [2.05, 4.69) is 167 Å². The number of carbonyl (C=O) groups excluding carboxylic acids is 3. The van der Waals surface area contributed by atoms with Crippen molar-refractivity contribution in [3.63, 3.8) is 0 Å². The molecule has 0 fully saturated rings. The van der Waals surface area contributed by atoms with Gasteiger partial charge in [0.25, 0.3) is 0 Å². The van der Waals surface area contributed by atoms with Gasteiger partial charge in [0.2, 0.25) is 0 Å². The molecule has 0 saturated carbocycles. The number of esters is 3. The molecule has 0 aliphatic heterocycles. The number of hydrogen-bond donors (Lipinski definition) is 4. The summed E-state index contributed by atoms with van der Waals surface area (Å²) in [5, 5.41) is 20.6. The first-order chi connectivity index (χ1) is 46.2. The third-order valence-corrected chi connectivity index (χ3v) is 16.4. The summed E-state index contributed by atoms with van der Waals surface area (Å²) in [6, 6.07) is 0. The van der Waals surface area contributed by atoms with Crippen LogP contribution in [-0.2, 0) is 55.8 Å². The molecule has 0 aliphatic rings. The van der Waals surface area contributed by atoms with Crippen LogP contribution in [0.15, 0.2) is 146 Å². The van der Waals surface area contributed by atoms with Gasteiger partial charge >= 0.3 is 33.6 Å². The van der Waals surface area contributed by atoms with E-state index in [4.69, 9.17) is 32.3 Å². The highest BCUT2D eigenvalue weighted by molar-refractivity contribution is 7.47. The fraction of sp³-hybridized carbons (Fsp3) is 0.649. The van der Waals surface area contributed by atoms with Crippen molar-refractivity contribution in [2.75, 3.05) is 39.6 Å². The SMILES string of the molecule is CC/C=C\C/C=C\C/C=C\C/C=C\C/C=C\C/C=C\CCCCCCC(=O)OCC(O)COP(=O)(O)OCC(O)COP(=O)(O)OCC(COC(=O)CCCCCCCCC/C=C\C/C=C\C/C=C\C/C=C\CCCCC)OC(=O)CCCCCCC/C=C\C/C=C\CCC. The predicted octanol–water partition coefficient (Wildman–Crippen LogP) is 20.5. The highest BCUT2D eigenvalue weighted by Crippen LogP contribution is 2.45. The van der Waals surface area contributed by atoms with E-state index in [9.17, 15) is 43.5 Å². The average molecular weight is 1370 g/mol. The molecular weight excluding hydrogens is 1240 g/mol. The molecular formula is C77H128O16P2. The van der Waals surface area contributed by atoms with Crippen LogP contribution in [-0.4, -0.2) is 95.9 Å². The standard InChI is InChI=1S/C77H128O16P2/c1-4-7-10-13-16-19-22-25-27-29-31-33-35-37-39-41-43-46-48-51-54-57-60-63-75(80)87-66-72(78)67-89-94(83,84)90-68-73(79)69-91-95(85,86)92-71-74(93-77(82)65-62-59-56-53-50-45-24-21-18-15-12-9-6-3)70-88-76(81)64-61-58-55-52-49-47-44-42-40-38-36-34-32-30-28-26-23-20-17-14-11-8-5-2/h7,10,12,15-17,19-21,24-28,31-34,37-40,43,46,72-74,78-79H,4-6,8-9,11,13-14,18,22-23,29-30,35-36,41-42,44-45,47-71H2,1-3H3,(H,83,84)(H,85,86)/b10-7-,15-12-,19-16-,20-17-,24-21-,27-25-,28-26-,33-31-,34-32-,39-37-,40-38-,46-43-. The summed E-state index contributed by atoms with van der Waals surface area (Å²) in [6.07, 6.45) is 83.2. The number of hydrogen-bond acceptors (Lipinski definition) is 14. The van der Waals surface area contributed by atoms with Gasteiger partial charge in [-0.05, 0) is 141 Å². The molecule has 0 amide bonds. The fourth-order valence-electron chi connectivity index (χ4n) is 9.01. The van der Waals surface area contributed by atoms with Crippen molar-refractivity contribution in [1.82, 2.24) is 0 Å². The molecule has 18 heteroatoms. The zero-order valence-electron chi connectivity index (χ0n) is 58.8. The molecule has 0 radical (unpaired) electrons. The van der Waals surface area contributed by atoms with Gasteiger partial charge in [-0.1, -0.05) is 250 Å². The molecule has 0 rings (SSSR count). The molecule has 542 valence electrons. The summed E-state index contributed by atoms with van der Waals surface area (Å²) in [5.41, 5.74) is 0. The van der Waals surface area contributed by atoms with E-state index < -0.39 is 91.5 Å². The molecule has 0 heterocycles. The monoisotopic (exact) mass is 1370 g/mol. The number of aliphatic hydroxyl groups is 2. The van der Waals surface area contributed by atoms with Crippen molar-refractivity contribution in [2.45, 2.75) is 283 Å². The molecule has 0 bridgehead atoms. The molecule has 4 N–H and O–H groups in total. The quantitative estimate of drug-likeness (QED) is 0.0146. The lowest BCUT2D eigenvalue weighted by Crippen LogP contribution is -2.30. The first-order valence-electron chi connectivity index (χ1n) is 36.1. The predicted molar refractivity (Wildman–Crippen MR) is 389 cm³/mol. The Kier molecular flexibility index (Phi) is 66.0. The van der Waals surface area contributed by atoms with Crippen LogP contribution >= 0.6 is 15.6 Å². The van der Waals surface area contributed by atoms with Crippen LogP contribution in [0.1, 0.15) is 265 Å². The van der Waals surface area contributed by atoms with Gasteiger partial charge < -0.3 is 34.2 Å². The van der Waals surface area contributed by atoms with Gasteiger partial charge in [0.1, 0.15) is 25.4 Å². The number of rotatable bonds is 67. The fourth-order valence-corrected chi connectivity index (χ4v) is 10.6. The largest absolute Gasteiger partial charge is 0.472 e. The van der Waals surface area contributed by atoms with E-state index >= 15 is 0 Å². The van der Waals surface area contributed by atoms with Gasteiger partial charge in [0.15, 0.2) is 6.10 Å². The van der Waals surface area contributed by atoms with Crippen LogP contribution in [0, 0.1) is 0 Å². The second-order valence-corrected chi connectivity index (χ2v) is 26.6. The Morgan fingerprint density at radius 1 is 0.305 bits per heavy atom. The van der Waals surface area contributed by atoms with E-state index in [0.29, 0.717) is 19.3 Å². The lowest BCUT2D eigenvalue weighted by atomic mass is 10.1. The maximum Gasteiger partial charge on any atom is 0.472 e. The van der Waals surface area contributed by atoms with Crippen molar-refractivity contribution in [3.8, 4) is 0 Å². The highest BCUT2D eigenvalue weighted by Gasteiger charge is 2.29. The van der Waals surface area contributed by atoms with Crippen LogP contribution < -0.4 is 0 Å². The average Bonchev–Trinajstić information content (AvgIpc) is 1.91. The third kappa shape index (κ3) is 70.6. The van der Waals surface area contributed by atoms with Crippen LogP contribution in [0.25, 0.3) is 0 Å². The number of aliphatic hydroxyl groups excluding tert-OH is 2. The van der Waals surface area contributed by atoms with Crippen molar-refractivity contribution in [1.29, 1.82) is 0 Å². The third-order valence-electron chi connectivity index (χ3n) is 14.5. The van der Waals surface area contributed by atoms with Crippen molar-refractivity contribution < 1.29 is 75.8 Å². The number of allylic oxidation sites excluding steroid dienone is 24. The van der Waals surface area contributed by atoms with Crippen LogP contribution in [0.3, 0.4) is 0 Å². The van der Waals surface area contributed by atoms with Crippen LogP contribution in [0.4, 0.5) is 0 Å². The zero-order valence-corrected chi connectivity index (χ0v) is 60.6. The van der Waals surface area contributed by atoms with E-state index in [0.717, 1.165) is 180 Å². The van der Waals surface area contributed by atoms with Crippen molar-refractivity contribution in [2.24, 2.45) is 0 Å². The number of ether oxygens (including phenoxy) is 3. The maximum absolute atomic E-state index is 12.9. The molecule has 95 heavy (non-hydrogen) atoms. The van der Waals surface area contributed by atoms with E-state index in [1.807, 2.05) is 0 Å². The lowest BCUT2D eigenvalue weighted by Gasteiger charge is -2.21. The summed E-state index contributed by atoms with van der Waals surface area (Å²) >= 11 is 0. The first-order valence-corrected chi connectivity index (χ1v) is 39.1. The molecule has 0 spiro atoms. The summed E-state index contributed by atoms with van der Waals surface area (Å²) in [6.45, 7) is 2.38. The summed E-state index contributed by atoms with van der Waals surface area (Å²) in [5.74, 6) is -1.63. The molecule has 0 aromatic rings. The lowest BCUT2D eigenvalue weighted by molar-refractivity contribution is -0.161. The Labute approximate surface area is 575 Å². The van der Waals surface area contributed by atoms with Crippen molar-refractivity contribution in [3.05, 3.63) is 146 Å². The van der Waals surface area contributed by atoms with Gasteiger partial charge in [-0.3, -0.25) is 32.5 Å². The van der Waals surface area contributed by atoms with Crippen LogP contribution in [0.2, 0.25) is 0 Å². The topological polar surface area (TPSA) is 231 Å². The van der Waals surface area contributed by atoms with Gasteiger partial charge in [-0.2, -0.15) is 0 Å². The minimum absolute atomic E-state index is 0.0808. The van der Waals surface area contributed by atoms with Gasteiger partial charge in [-0.25, -0.2) is 9.13 Å². The minimum Gasteiger partial charge on any atom is -0.463 e. The molecule has 0 aliphatic carbocycles. The molecule has 0 aromatic heterocycles. The molecule has 0 saturated heterocycles. The second-order valence-electron chi connectivity index (χ2n) is 23.6. The van der Waals surface area contributed by atoms with Gasteiger partial charge in [0.05, 0.1) is 26.4 Å². The Hall–Kier alpha value is -4.57. The van der Waals surface area contributed by atoms with E-state index in [1.165, 1.54) is 25.7 Å². The molecule has 16 nitrogen and oxygen atoms in total. The smallest absolute Gasteiger partial charge is 0.463 e. The zero-order chi connectivity index (χ0) is 69.5. The summed E-state index contributed by atoms with van der Waals surface area (Å²) in [4.78, 5) is 58.5. The first kappa shape index (κ1) is 90.4. The number of unbranched alkanes of at least 4 members (excludes halogenated alkanes) is 20. The van der Waals surface area contributed by atoms with E-state index in [-0.39, 0.29) is 19.3 Å². The summed E-state index contributed by atoms with van der Waals surface area (Å²) < 4.78 is 60.9.